The van der Waals surface area contributed by atoms with Gasteiger partial charge in [-0.15, -0.1) is 0 Å². The quantitative estimate of drug-likeness (QED) is 0.540. The van der Waals surface area contributed by atoms with E-state index < -0.39 is 17.4 Å². The lowest BCUT2D eigenvalue weighted by Gasteiger charge is -2.19. The van der Waals surface area contributed by atoms with Crippen LogP contribution < -0.4 is 15.7 Å². The van der Waals surface area contributed by atoms with Crippen LogP contribution in [0.1, 0.15) is 32.0 Å². The molecule has 11 heteroatoms. The van der Waals surface area contributed by atoms with Crippen LogP contribution in [0.2, 0.25) is 0 Å². The zero-order chi connectivity index (χ0) is 25.4. The van der Waals surface area contributed by atoms with Crippen LogP contribution in [-0.4, -0.2) is 49.7 Å². The second-order valence-electron chi connectivity index (χ2n) is 8.28. The maximum Gasteiger partial charge on any atom is 0.407 e. The summed E-state index contributed by atoms with van der Waals surface area (Å²) >= 11 is 0. The molecule has 0 atom stereocenters. The average molecular weight is 481 g/mol. The highest BCUT2D eigenvalue weighted by Gasteiger charge is 2.17. The Bertz CT molecular complexity index is 1330. The summed E-state index contributed by atoms with van der Waals surface area (Å²) in [5.74, 6) is 6.66. The molecular formula is C24H25FN6O4. The number of hydrogen-bond donors (Lipinski definition) is 1. The van der Waals surface area contributed by atoms with Gasteiger partial charge in [-0.1, -0.05) is 12.0 Å². The summed E-state index contributed by atoms with van der Waals surface area (Å²) in [6.07, 6.45) is 2.50. The van der Waals surface area contributed by atoms with E-state index in [2.05, 4.69) is 32.2 Å². The number of alkyl carbamates (subject to hydrolysis) is 1. The minimum Gasteiger partial charge on any atom is -0.481 e. The van der Waals surface area contributed by atoms with Crippen molar-refractivity contribution in [2.45, 2.75) is 32.9 Å². The molecule has 3 aromatic rings. The SMILES string of the molecule is COc1ccc(C#Cc2cccc(-n3cnn(C/C(=C/F)CNC(=O)OC(C)(C)C)c3=O)n2)cn1. The second-order valence-corrected chi connectivity index (χ2v) is 8.28. The first-order chi connectivity index (χ1) is 16.7. The van der Waals surface area contributed by atoms with Crippen molar-refractivity contribution in [3.8, 4) is 23.5 Å². The number of nitrogens with one attached hydrogen (secondary N) is 1. The van der Waals surface area contributed by atoms with Crippen molar-refractivity contribution in [1.82, 2.24) is 29.6 Å². The Kier molecular flexibility index (Phi) is 7.99. The molecule has 0 aliphatic rings. The number of carbonyl (C=O) groups is 1. The molecule has 0 aliphatic heterocycles. The molecule has 0 radical (unpaired) electrons. The molecule has 3 heterocycles. The van der Waals surface area contributed by atoms with Crippen LogP contribution in [0.15, 0.2) is 59.6 Å². The number of methoxy groups -OCH3 is 1. The van der Waals surface area contributed by atoms with Gasteiger partial charge >= 0.3 is 11.8 Å². The summed E-state index contributed by atoms with van der Waals surface area (Å²) in [6, 6.07) is 8.51. The van der Waals surface area contributed by atoms with Crippen molar-refractivity contribution in [2.24, 2.45) is 0 Å². The molecule has 0 aliphatic carbocycles. The molecule has 0 aromatic carbocycles. The molecule has 0 spiro atoms. The zero-order valence-corrected chi connectivity index (χ0v) is 19.8. The third kappa shape index (κ3) is 7.26. The lowest BCUT2D eigenvalue weighted by Crippen LogP contribution is -2.34. The van der Waals surface area contributed by atoms with Crippen LogP contribution in [0.25, 0.3) is 5.82 Å². The van der Waals surface area contributed by atoms with Gasteiger partial charge in [0, 0.05) is 24.4 Å². The fourth-order valence-corrected chi connectivity index (χ4v) is 2.76. The van der Waals surface area contributed by atoms with Crippen LogP contribution in [0.4, 0.5) is 9.18 Å². The number of nitrogens with zero attached hydrogens (tertiary/aromatic N) is 5. The van der Waals surface area contributed by atoms with E-state index in [9.17, 15) is 14.0 Å². The first-order valence-electron chi connectivity index (χ1n) is 10.6. The lowest BCUT2D eigenvalue weighted by molar-refractivity contribution is 0.0532. The highest BCUT2D eigenvalue weighted by atomic mass is 19.1. The van der Waals surface area contributed by atoms with E-state index in [1.54, 1.807) is 57.3 Å². The van der Waals surface area contributed by atoms with Gasteiger partial charge in [0.2, 0.25) is 5.88 Å². The van der Waals surface area contributed by atoms with Gasteiger partial charge in [0.15, 0.2) is 0 Å². The van der Waals surface area contributed by atoms with Crippen LogP contribution in [0.3, 0.4) is 0 Å². The van der Waals surface area contributed by atoms with Crippen molar-refractivity contribution < 1.29 is 18.7 Å². The number of pyridine rings is 2. The van der Waals surface area contributed by atoms with Gasteiger partial charge in [-0.25, -0.2) is 33.2 Å². The maximum atomic E-state index is 13.4. The van der Waals surface area contributed by atoms with Gasteiger partial charge in [0.1, 0.15) is 23.4 Å². The Balaban J connectivity index is 1.71. The van der Waals surface area contributed by atoms with Gasteiger partial charge in [-0.2, -0.15) is 5.10 Å². The summed E-state index contributed by atoms with van der Waals surface area (Å²) in [4.78, 5) is 33.1. The van der Waals surface area contributed by atoms with Gasteiger partial charge in [-0.05, 0) is 50.5 Å². The summed E-state index contributed by atoms with van der Waals surface area (Å²) in [6.45, 7) is 4.84. The highest BCUT2D eigenvalue weighted by molar-refractivity contribution is 5.68. The standard InChI is InChI=1S/C24H25FN6O4/c1-24(2,3)35-22(32)27-14-18(12-25)15-31-23(33)30(16-28-31)20-7-5-6-19(29-20)10-8-17-9-11-21(34-4)26-13-17/h5-7,9,11-13,16H,14-15H2,1-4H3,(H,27,32)/b18-12+. The predicted molar refractivity (Wildman–Crippen MR) is 126 cm³/mol. The van der Waals surface area contributed by atoms with Crippen LogP contribution in [-0.2, 0) is 11.3 Å². The smallest absolute Gasteiger partial charge is 0.407 e. The number of aromatic nitrogens is 5. The van der Waals surface area contributed by atoms with Crippen molar-refractivity contribution >= 4 is 6.09 Å². The second kappa shape index (κ2) is 11.1. The summed E-state index contributed by atoms with van der Waals surface area (Å²) in [7, 11) is 1.53. The molecule has 182 valence electrons. The Morgan fingerprint density at radius 3 is 2.69 bits per heavy atom. The largest absolute Gasteiger partial charge is 0.481 e. The zero-order valence-electron chi connectivity index (χ0n) is 19.8. The number of halogens is 1. The van der Waals surface area contributed by atoms with Gasteiger partial charge < -0.3 is 14.8 Å². The first kappa shape index (κ1) is 25.2. The van der Waals surface area contributed by atoms with Crippen molar-refractivity contribution in [1.29, 1.82) is 0 Å². The number of hydrogen-bond acceptors (Lipinski definition) is 7. The van der Waals surface area contributed by atoms with Crippen LogP contribution >= 0.6 is 0 Å². The fourth-order valence-electron chi connectivity index (χ4n) is 2.76. The normalized spacial score (nSPS) is 11.4. The van der Waals surface area contributed by atoms with E-state index in [0.29, 0.717) is 29.3 Å². The molecule has 1 amide bonds. The molecule has 3 aromatic heterocycles. The summed E-state index contributed by atoms with van der Waals surface area (Å²) in [5, 5.41) is 6.48. The molecule has 0 unspecified atom stereocenters. The number of carbonyl (C=O) groups excluding carboxylic acids is 1. The van der Waals surface area contributed by atoms with E-state index in [1.165, 1.54) is 18.0 Å². The topological polar surface area (TPSA) is 113 Å². The molecule has 3 rings (SSSR count). The highest BCUT2D eigenvalue weighted by Crippen LogP contribution is 2.08. The molecule has 0 saturated carbocycles. The van der Waals surface area contributed by atoms with E-state index in [-0.39, 0.29) is 18.7 Å². The number of amides is 1. The Labute approximate surface area is 201 Å². The summed E-state index contributed by atoms with van der Waals surface area (Å²) < 4.78 is 25.8. The minimum atomic E-state index is -0.692. The van der Waals surface area contributed by atoms with E-state index in [4.69, 9.17) is 9.47 Å². The Hall–Kier alpha value is -4.46. The van der Waals surface area contributed by atoms with Gasteiger partial charge in [0.05, 0.1) is 20.0 Å². The van der Waals surface area contributed by atoms with Crippen LogP contribution in [0, 0.1) is 11.8 Å². The molecule has 1 N–H and O–H groups in total. The molecule has 0 fully saturated rings. The van der Waals surface area contributed by atoms with Crippen molar-refractivity contribution in [2.75, 3.05) is 13.7 Å². The molecule has 10 nitrogen and oxygen atoms in total. The van der Waals surface area contributed by atoms with Gasteiger partial charge in [0.25, 0.3) is 0 Å². The molecule has 35 heavy (non-hydrogen) atoms. The van der Waals surface area contributed by atoms with Crippen LogP contribution in [0.5, 0.6) is 5.88 Å². The molecule has 0 saturated heterocycles. The molecule has 0 bridgehead atoms. The van der Waals surface area contributed by atoms with Crippen molar-refractivity contribution in [3.63, 3.8) is 0 Å². The average Bonchev–Trinajstić information content (AvgIpc) is 3.19. The van der Waals surface area contributed by atoms with E-state index >= 15 is 0 Å². The third-order valence-corrected chi connectivity index (χ3v) is 4.36. The van der Waals surface area contributed by atoms with Gasteiger partial charge in [-0.3, -0.25) is 0 Å². The lowest BCUT2D eigenvalue weighted by atomic mass is 10.2. The maximum absolute atomic E-state index is 13.4. The first-order valence-corrected chi connectivity index (χ1v) is 10.6. The van der Waals surface area contributed by atoms with E-state index in [0.717, 1.165) is 4.68 Å². The Morgan fingerprint density at radius 2 is 2.03 bits per heavy atom. The minimum absolute atomic E-state index is 0.129. The Morgan fingerprint density at radius 1 is 1.23 bits per heavy atom. The van der Waals surface area contributed by atoms with Crippen molar-refractivity contribution in [3.05, 3.63) is 76.5 Å². The monoisotopic (exact) mass is 480 g/mol. The fraction of sp³-hybridized carbons (Fsp3) is 0.292. The van der Waals surface area contributed by atoms with E-state index in [1.807, 2.05) is 0 Å². The number of ether oxygens (including phenoxy) is 2. The molecular weight excluding hydrogens is 455 g/mol. The third-order valence-electron chi connectivity index (χ3n) is 4.36. The predicted octanol–water partition coefficient (Wildman–Crippen LogP) is 2.61. The summed E-state index contributed by atoms with van der Waals surface area (Å²) in [5.41, 5.74) is 0.0245. The number of rotatable bonds is 6.